The van der Waals surface area contributed by atoms with E-state index in [2.05, 4.69) is 10.6 Å². The number of aliphatic hydroxyl groups is 1. The van der Waals surface area contributed by atoms with Crippen LogP contribution in [0.5, 0.6) is 11.5 Å². The molecule has 1 heterocycles. The number of hydrogen-bond acceptors (Lipinski definition) is 4. The molecule has 0 unspecified atom stereocenters. The predicted molar refractivity (Wildman–Crippen MR) is 91.9 cm³/mol. The third-order valence-electron chi connectivity index (χ3n) is 4.21. The molecule has 5 nitrogen and oxygen atoms in total. The second-order valence-electron chi connectivity index (χ2n) is 6.19. The number of carbonyl (C=O) groups excluding carboxylic acids is 1. The summed E-state index contributed by atoms with van der Waals surface area (Å²) >= 11 is 0. The van der Waals surface area contributed by atoms with E-state index in [0.29, 0.717) is 24.3 Å². The fraction of sp³-hybridized carbons (Fsp3) is 0.316. The number of benzene rings is 2. The Labute approximate surface area is 145 Å². The molecule has 1 aliphatic heterocycles. The molecule has 25 heavy (non-hydrogen) atoms. The number of amides is 1. The minimum atomic E-state index is -0.502. The van der Waals surface area contributed by atoms with Crippen molar-refractivity contribution < 1.29 is 19.0 Å². The minimum Gasteiger partial charge on any atom is -0.454 e. The first-order chi connectivity index (χ1) is 12.0. The summed E-state index contributed by atoms with van der Waals surface area (Å²) in [6.45, 7) is 2.20. The fourth-order valence-electron chi connectivity index (χ4n) is 2.80. The Morgan fingerprint density at radius 2 is 2.08 bits per heavy atom. The molecule has 1 fully saturated rings. The van der Waals surface area contributed by atoms with Crippen molar-refractivity contribution in [2.45, 2.75) is 31.5 Å². The summed E-state index contributed by atoms with van der Waals surface area (Å²) < 4.78 is 19.8. The van der Waals surface area contributed by atoms with Crippen molar-refractivity contribution >= 4 is 5.91 Å². The Kier molecular flexibility index (Phi) is 5.31. The van der Waals surface area contributed by atoms with Crippen molar-refractivity contribution in [1.82, 2.24) is 10.6 Å². The zero-order valence-corrected chi connectivity index (χ0v) is 13.9. The van der Waals surface area contributed by atoms with Crippen LogP contribution in [0.2, 0.25) is 0 Å². The van der Waals surface area contributed by atoms with Gasteiger partial charge in [-0.2, -0.15) is 0 Å². The summed E-state index contributed by atoms with van der Waals surface area (Å²) in [4.78, 5) is 12.2. The van der Waals surface area contributed by atoms with Gasteiger partial charge in [0.15, 0.2) is 11.6 Å². The first-order valence-electron chi connectivity index (χ1n) is 8.27. The number of nitrogens with one attached hydrogen (secondary N) is 2. The number of halogens is 1. The minimum absolute atomic E-state index is 0.133. The molecule has 6 heteroatoms. The molecule has 0 aromatic heterocycles. The van der Waals surface area contributed by atoms with Gasteiger partial charge in [0.2, 0.25) is 5.91 Å². The van der Waals surface area contributed by atoms with Crippen LogP contribution in [0, 0.1) is 5.82 Å². The average molecular weight is 344 g/mol. The largest absolute Gasteiger partial charge is 0.454 e. The summed E-state index contributed by atoms with van der Waals surface area (Å²) in [6.07, 6.45) is -0.116. The molecular formula is C19H21FN2O3. The molecule has 0 saturated carbocycles. The van der Waals surface area contributed by atoms with Gasteiger partial charge in [-0.3, -0.25) is 4.79 Å². The number of β-amino-alcohol motifs (C(OH)–C–C–N with tert-alkyl or cyclic N) is 1. The molecule has 2 aromatic carbocycles. The Hall–Kier alpha value is -2.44. The average Bonchev–Trinajstić information content (AvgIpc) is 3.04. The molecule has 0 aliphatic carbocycles. The molecule has 0 bridgehead atoms. The van der Waals surface area contributed by atoms with Gasteiger partial charge in [0.1, 0.15) is 5.75 Å². The molecule has 3 atom stereocenters. The molecule has 1 amide bonds. The van der Waals surface area contributed by atoms with Crippen LogP contribution in [0.25, 0.3) is 0 Å². The van der Waals surface area contributed by atoms with Gasteiger partial charge in [-0.25, -0.2) is 4.39 Å². The van der Waals surface area contributed by atoms with Gasteiger partial charge in [0.25, 0.3) is 0 Å². The highest BCUT2D eigenvalue weighted by molar-refractivity contribution is 5.82. The third kappa shape index (κ3) is 4.35. The van der Waals surface area contributed by atoms with Crippen LogP contribution in [0.1, 0.15) is 24.9 Å². The Morgan fingerprint density at radius 1 is 1.32 bits per heavy atom. The maximum atomic E-state index is 14.3. The van der Waals surface area contributed by atoms with Crippen LogP contribution in [-0.2, 0) is 4.79 Å². The van der Waals surface area contributed by atoms with Crippen molar-refractivity contribution in [3.05, 3.63) is 59.9 Å². The zero-order chi connectivity index (χ0) is 17.8. The smallest absolute Gasteiger partial charge is 0.237 e. The first kappa shape index (κ1) is 17.4. The zero-order valence-electron chi connectivity index (χ0n) is 13.9. The van der Waals surface area contributed by atoms with E-state index >= 15 is 0 Å². The standard InChI is InChI=1S/C19H21FN2O3/c1-12(22-19(24)17-10-14(23)11-21-17)13-7-8-18(16(20)9-13)25-15-5-3-2-4-6-15/h2-9,12,14,17,21,23H,10-11H2,1H3,(H,22,24)/t12-,14-,17-/m0/s1. The van der Waals surface area contributed by atoms with Gasteiger partial charge < -0.3 is 20.5 Å². The molecule has 1 aliphatic rings. The van der Waals surface area contributed by atoms with Gasteiger partial charge in [-0.05, 0) is 43.2 Å². The van der Waals surface area contributed by atoms with Crippen LogP contribution in [0.3, 0.4) is 0 Å². The van der Waals surface area contributed by atoms with Crippen molar-refractivity contribution in [2.75, 3.05) is 6.54 Å². The van der Waals surface area contributed by atoms with Gasteiger partial charge in [0.05, 0.1) is 18.2 Å². The quantitative estimate of drug-likeness (QED) is 0.779. The van der Waals surface area contributed by atoms with Crippen molar-refractivity contribution in [2.24, 2.45) is 0 Å². The van der Waals surface area contributed by atoms with Crippen LogP contribution >= 0.6 is 0 Å². The molecule has 0 radical (unpaired) electrons. The summed E-state index contributed by atoms with van der Waals surface area (Å²) in [7, 11) is 0. The number of ether oxygens (including phenoxy) is 1. The van der Waals surface area contributed by atoms with Gasteiger partial charge in [0, 0.05) is 6.54 Å². The lowest BCUT2D eigenvalue weighted by Crippen LogP contribution is -2.41. The maximum absolute atomic E-state index is 14.3. The van der Waals surface area contributed by atoms with Gasteiger partial charge >= 0.3 is 0 Å². The highest BCUT2D eigenvalue weighted by atomic mass is 19.1. The van der Waals surface area contributed by atoms with Crippen LogP contribution in [0.15, 0.2) is 48.5 Å². The molecule has 1 saturated heterocycles. The van der Waals surface area contributed by atoms with Crippen LogP contribution in [-0.4, -0.2) is 29.7 Å². The van der Waals surface area contributed by atoms with E-state index in [-0.39, 0.29) is 17.7 Å². The van der Waals surface area contributed by atoms with Gasteiger partial charge in [-0.1, -0.05) is 24.3 Å². The first-order valence-corrected chi connectivity index (χ1v) is 8.27. The summed E-state index contributed by atoms with van der Waals surface area (Å²) in [5.74, 6) is 0.00126. The number of rotatable bonds is 5. The van der Waals surface area contributed by atoms with E-state index in [1.807, 2.05) is 18.2 Å². The van der Waals surface area contributed by atoms with E-state index in [1.54, 1.807) is 31.2 Å². The SMILES string of the molecule is C[C@H](NC(=O)[C@@H]1C[C@H](O)CN1)c1ccc(Oc2ccccc2)c(F)c1. The predicted octanol–water partition coefficient (Wildman–Crippen LogP) is 2.52. The van der Waals surface area contributed by atoms with Gasteiger partial charge in [-0.15, -0.1) is 0 Å². The number of para-hydroxylation sites is 1. The van der Waals surface area contributed by atoms with Crippen LogP contribution < -0.4 is 15.4 Å². The lowest BCUT2D eigenvalue weighted by Gasteiger charge is -2.18. The third-order valence-corrected chi connectivity index (χ3v) is 4.21. The lowest BCUT2D eigenvalue weighted by molar-refractivity contribution is -0.123. The van der Waals surface area contributed by atoms with E-state index in [9.17, 15) is 14.3 Å². The maximum Gasteiger partial charge on any atom is 0.237 e. The molecule has 132 valence electrons. The molecular weight excluding hydrogens is 323 g/mol. The van der Waals surface area contributed by atoms with Crippen molar-refractivity contribution in [3.63, 3.8) is 0 Å². The summed E-state index contributed by atoms with van der Waals surface area (Å²) in [5.41, 5.74) is 0.643. The topological polar surface area (TPSA) is 70.6 Å². The van der Waals surface area contributed by atoms with Crippen LogP contribution in [0.4, 0.5) is 4.39 Å². The second kappa shape index (κ2) is 7.63. The second-order valence-corrected chi connectivity index (χ2v) is 6.19. The Balaban J connectivity index is 1.64. The Morgan fingerprint density at radius 3 is 2.72 bits per heavy atom. The highest BCUT2D eigenvalue weighted by Gasteiger charge is 2.28. The monoisotopic (exact) mass is 344 g/mol. The number of aliphatic hydroxyl groups excluding tert-OH is 1. The lowest BCUT2D eigenvalue weighted by atomic mass is 10.1. The summed E-state index contributed by atoms with van der Waals surface area (Å²) in [6, 6.07) is 12.9. The fourth-order valence-corrected chi connectivity index (χ4v) is 2.80. The molecule has 2 aromatic rings. The highest BCUT2D eigenvalue weighted by Crippen LogP contribution is 2.27. The Bertz CT molecular complexity index is 739. The number of hydrogen-bond donors (Lipinski definition) is 3. The van der Waals surface area contributed by atoms with E-state index < -0.39 is 18.0 Å². The van der Waals surface area contributed by atoms with E-state index in [4.69, 9.17) is 4.74 Å². The van der Waals surface area contributed by atoms with E-state index in [1.165, 1.54) is 6.07 Å². The normalized spacial score (nSPS) is 20.9. The molecule has 3 rings (SSSR count). The van der Waals surface area contributed by atoms with E-state index in [0.717, 1.165) is 0 Å². The molecule has 3 N–H and O–H groups in total. The molecule has 0 spiro atoms. The van der Waals surface area contributed by atoms with Crippen molar-refractivity contribution in [3.8, 4) is 11.5 Å². The number of carbonyl (C=O) groups is 1. The summed E-state index contributed by atoms with van der Waals surface area (Å²) in [5, 5.41) is 15.3. The van der Waals surface area contributed by atoms with Crippen molar-refractivity contribution in [1.29, 1.82) is 0 Å².